The van der Waals surface area contributed by atoms with E-state index in [2.05, 4.69) is 10.3 Å². The summed E-state index contributed by atoms with van der Waals surface area (Å²) in [5, 5.41) is 11.7. The Morgan fingerprint density at radius 2 is 1.93 bits per heavy atom. The minimum Gasteiger partial charge on any atom is -0.497 e. The number of H-pyrrole nitrogens is 1. The number of aryl methyl sites for hydroxylation is 1. The molecule has 0 atom stereocenters. The highest BCUT2D eigenvalue weighted by Crippen LogP contribution is 2.28. The fourth-order valence-electron chi connectivity index (χ4n) is 2.95. The number of benzene rings is 1. The Bertz CT molecular complexity index is 1050. The van der Waals surface area contributed by atoms with E-state index in [9.17, 15) is 14.4 Å². The van der Waals surface area contributed by atoms with Crippen LogP contribution in [0.5, 0.6) is 11.5 Å². The normalized spacial score (nSPS) is 10.1. The van der Waals surface area contributed by atoms with E-state index in [0.29, 0.717) is 34.0 Å². The van der Waals surface area contributed by atoms with E-state index in [-0.39, 0.29) is 18.4 Å². The van der Waals surface area contributed by atoms with Gasteiger partial charge in [0.15, 0.2) is 6.61 Å². The first-order valence-corrected chi connectivity index (χ1v) is 9.10. The molecule has 9 heteroatoms. The molecular weight excluding hydrogens is 390 g/mol. The Morgan fingerprint density at radius 3 is 2.57 bits per heavy atom. The van der Waals surface area contributed by atoms with Gasteiger partial charge in [0.2, 0.25) is 0 Å². The van der Waals surface area contributed by atoms with Gasteiger partial charge in [-0.15, -0.1) is 0 Å². The summed E-state index contributed by atoms with van der Waals surface area (Å²) in [6.45, 7) is 2.91. The molecule has 0 bridgehead atoms. The lowest BCUT2D eigenvalue weighted by atomic mass is 9.99. The number of nitriles is 1. The van der Waals surface area contributed by atoms with Crippen LogP contribution in [0, 0.1) is 25.2 Å². The third-order valence-corrected chi connectivity index (χ3v) is 4.55. The maximum Gasteiger partial charge on any atom is 0.306 e. The number of nitrogens with one attached hydrogen (secondary N) is 2. The van der Waals surface area contributed by atoms with Crippen LogP contribution in [0.2, 0.25) is 0 Å². The summed E-state index contributed by atoms with van der Waals surface area (Å²) < 4.78 is 15.3. The van der Waals surface area contributed by atoms with Crippen molar-refractivity contribution in [3.8, 4) is 17.6 Å². The molecule has 1 amide bonds. The van der Waals surface area contributed by atoms with Crippen molar-refractivity contribution in [2.24, 2.45) is 0 Å². The molecule has 158 valence electrons. The number of methoxy groups -OCH3 is 2. The molecule has 0 aliphatic heterocycles. The monoisotopic (exact) mass is 413 g/mol. The van der Waals surface area contributed by atoms with Crippen LogP contribution >= 0.6 is 0 Å². The number of carbonyl (C=O) groups excluding carboxylic acids is 2. The van der Waals surface area contributed by atoms with Crippen LogP contribution in [0.3, 0.4) is 0 Å². The molecule has 0 aliphatic carbocycles. The van der Waals surface area contributed by atoms with Crippen molar-refractivity contribution in [1.29, 1.82) is 5.26 Å². The molecule has 0 radical (unpaired) electrons. The Kier molecular flexibility index (Phi) is 7.58. The fraction of sp³-hybridized carbons (Fsp3) is 0.333. The fourth-order valence-corrected chi connectivity index (χ4v) is 2.95. The molecule has 0 spiro atoms. The summed E-state index contributed by atoms with van der Waals surface area (Å²) in [4.78, 5) is 38.5. The Balaban J connectivity index is 1.92. The number of hydrogen-bond donors (Lipinski definition) is 2. The average molecular weight is 413 g/mol. The van der Waals surface area contributed by atoms with Crippen LogP contribution in [0.15, 0.2) is 23.0 Å². The van der Waals surface area contributed by atoms with Gasteiger partial charge in [0.1, 0.15) is 23.1 Å². The van der Waals surface area contributed by atoms with Gasteiger partial charge < -0.3 is 24.5 Å². The number of aromatic amines is 1. The number of anilines is 1. The van der Waals surface area contributed by atoms with Crippen LogP contribution in [0.1, 0.15) is 28.8 Å². The van der Waals surface area contributed by atoms with Gasteiger partial charge in [-0.1, -0.05) is 0 Å². The van der Waals surface area contributed by atoms with Crippen LogP contribution < -0.4 is 20.3 Å². The molecule has 1 aromatic heterocycles. The molecule has 2 N–H and O–H groups in total. The van der Waals surface area contributed by atoms with Crippen molar-refractivity contribution in [3.63, 3.8) is 0 Å². The number of aromatic nitrogens is 1. The van der Waals surface area contributed by atoms with Crippen molar-refractivity contribution in [3.05, 3.63) is 50.9 Å². The Morgan fingerprint density at radius 1 is 1.20 bits per heavy atom. The zero-order valence-corrected chi connectivity index (χ0v) is 17.3. The molecule has 30 heavy (non-hydrogen) atoms. The number of nitrogens with zero attached hydrogens (tertiary/aromatic N) is 1. The summed E-state index contributed by atoms with van der Waals surface area (Å²) in [7, 11) is 2.98. The Labute approximate surface area is 173 Å². The first-order valence-electron chi connectivity index (χ1n) is 9.10. The summed E-state index contributed by atoms with van der Waals surface area (Å²) in [5.41, 5.74) is 1.82. The van der Waals surface area contributed by atoms with E-state index in [1.807, 2.05) is 6.07 Å². The SMILES string of the molecule is COc1ccc(NC(=O)COC(=O)CCc2c(C)[nH]c(=O)c(C#N)c2C)c(OC)c1. The maximum atomic E-state index is 12.1. The summed E-state index contributed by atoms with van der Waals surface area (Å²) in [5.74, 6) is -0.111. The van der Waals surface area contributed by atoms with Crippen LogP contribution in [-0.4, -0.2) is 37.7 Å². The highest BCUT2D eigenvalue weighted by molar-refractivity contribution is 5.94. The standard InChI is InChI=1S/C21H23N3O6/c1-12-15(13(2)23-21(27)16(12)10-22)6-8-20(26)30-11-19(25)24-17-7-5-14(28-3)9-18(17)29-4/h5,7,9H,6,8,11H2,1-4H3,(H,23,27)(H,24,25). The summed E-state index contributed by atoms with van der Waals surface area (Å²) in [6.07, 6.45) is 0.271. The molecule has 1 aromatic carbocycles. The number of ether oxygens (including phenoxy) is 3. The molecule has 0 unspecified atom stereocenters. The second kappa shape index (κ2) is 10.1. The molecule has 0 saturated carbocycles. The van der Waals surface area contributed by atoms with Gasteiger partial charge in [0.25, 0.3) is 11.5 Å². The van der Waals surface area contributed by atoms with Gasteiger partial charge in [-0.3, -0.25) is 14.4 Å². The van der Waals surface area contributed by atoms with E-state index >= 15 is 0 Å². The van der Waals surface area contributed by atoms with Crippen LogP contribution in [0.4, 0.5) is 5.69 Å². The molecule has 0 saturated heterocycles. The Hall–Kier alpha value is -3.80. The second-order valence-electron chi connectivity index (χ2n) is 6.44. The maximum absolute atomic E-state index is 12.1. The largest absolute Gasteiger partial charge is 0.497 e. The minimum atomic E-state index is -0.574. The van der Waals surface area contributed by atoms with Gasteiger partial charge in [-0.25, -0.2) is 0 Å². The van der Waals surface area contributed by atoms with Gasteiger partial charge in [0.05, 0.1) is 19.9 Å². The second-order valence-corrected chi connectivity index (χ2v) is 6.44. The number of rotatable bonds is 8. The molecular formula is C21H23N3O6. The number of hydrogen-bond acceptors (Lipinski definition) is 7. The van der Waals surface area contributed by atoms with Gasteiger partial charge >= 0.3 is 5.97 Å². The quantitative estimate of drug-likeness (QED) is 0.633. The van der Waals surface area contributed by atoms with E-state index in [1.54, 1.807) is 32.0 Å². The first kappa shape index (κ1) is 22.5. The predicted molar refractivity (Wildman–Crippen MR) is 109 cm³/mol. The minimum absolute atomic E-state index is 0.00225. The first-order chi connectivity index (χ1) is 14.3. The topological polar surface area (TPSA) is 131 Å². The van der Waals surface area contributed by atoms with E-state index in [0.717, 1.165) is 0 Å². The lowest BCUT2D eigenvalue weighted by molar-refractivity contribution is -0.147. The van der Waals surface area contributed by atoms with Crippen molar-refractivity contribution in [2.75, 3.05) is 26.1 Å². The summed E-state index contributed by atoms with van der Waals surface area (Å²) in [6, 6.07) is 6.76. The van der Waals surface area contributed by atoms with Crippen molar-refractivity contribution in [1.82, 2.24) is 4.98 Å². The molecule has 0 aliphatic rings. The van der Waals surface area contributed by atoms with Crippen molar-refractivity contribution < 1.29 is 23.8 Å². The lowest BCUT2D eigenvalue weighted by Gasteiger charge is -2.12. The third-order valence-electron chi connectivity index (χ3n) is 4.55. The van der Waals surface area contributed by atoms with Crippen LogP contribution in [0.25, 0.3) is 0 Å². The van der Waals surface area contributed by atoms with Gasteiger partial charge in [-0.05, 0) is 43.5 Å². The molecule has 9 nitrogen and oxygen atoms in total. The molecule has 2 rings (SSSR count). The zero-order chi connectivity index (χ0) is 22.3. The number of amides is 1. The highest BCUT2D eigenvalue weighted by atomic mass is 16.5. The average Bonchev–Trinajstić information content (AvgIpc) is 2.72. The summed E-state index contributed by atoms with van der Waals surface area (Å²) >= 11 is 0. The molecule has 2 aromatic rings. The van der Waals surface area contributed by atoms with Gasteiger partial charge in [0, 0.05) is 18.2 Å². The number of esters is 1. The number of carbonyl (C=O) groups is 2. The smallest absolute Gasteiger partial charge is 0.306 e. The molecule has 0 fully saturated rings. The predicted octanol–water partition coefficient (Wildman–Crippen LogP) is 2.00. The lowest BCUT2D eigenvalue weighted by Crippen LogP contribution is -2.22. The zero-order valence-electron chi connectivity index (χ0n) is 17.3. The van der Waals surface area contributed by atoms with E-state index in [4.69, 9.17) is 19.5 Å². The highest BCUT2D eigenvalue weighted by Gasteiger charge is 2.15. The van der Waals surface area contributed by atoms with Gasteiger partial charge in [-0.2, -0.15) is 5.26 Å². The van der Waals surface area contributed by atoms with E-state index < -0.39 is 24.0 Å². The van der Waals surface area contributed by atoms with Crippen molar-refractivity contribution in [2.45, 2.75) is 26.7 Å². The van der Waals surface area contributed by atoms with Crippen molar-refractivity contribution >= 4 is 17.6 Å². The van der Waals surface area contributed by atoms with E-state index in [1.165, 1.54) is 14.2 Å². The third kappa shape index (κ3) is 5.38. The number of pyridine rings is 1. The van der Waals surface area contributed by atoms with Crippen LogP contribution in [-0.2, 0) is 20.7 Å². The molecule has 1 heterocycles.